The van der Waals surface area contributed by atoms with Crippen molar-refractivity contribution in [3.8, 4) is 0 Å². The smallest absolute Gasteiger partial charge is 0.340 e. The standard InChI is InChI=1S/C34H31N3O6/c1-4-36-34(35-31-22-25(32(38)40-2)17-20-30(31)33(39)41-3)43-29(23-42-36)21-24-15-18-28(19-16-24)37(26-11-7-5-8-12-26)27-13-9-6-10-14-27/h5-22H,4,23H2,1-3H3/b29-21+,35-34?. The van der Waals surface area contributed by atoms with Gasteiger partial charge in [0.15, 0.2) is 0 Å². The molecule has 1 heterocycles. The largest absolute Gasteiger partial charge is 0.465 e. The minimum Gasteiger partial charge on any atom is -0.465 e. The Morgan fingerprint density at radius 3 is 2.02 bits per heavy atom. The third-order valence-corrected chi connectivity index (χ3v) is 6.63. The molecule has 218 valence electrons. The lowest BCUT2D eigenvalue weighted by Gasteiger charge is -2.29. The SMILES string of the molecule is CCN1OC/C(=C\c2ccc(N(c3ccccc3)c3ccccc3)cc2)OC1=Nc1cc(C(=O)OC)ccc1C(=O)OC. The van der Waals surface area contributed by atoms with E-state index in [1.807, 2.05) is 73.7 Å². The number of hydrogen-bond acceptors (Lipinski definition) is 8. The highest BCUT2D eigenvalue weighted by Crippen LogP contribution is 2.34. The summed E-state index contributed by atoms with van der Waals surface area (Å²) in [6, 6.07) is 32.9. The molecule has 9 heteroatoms. The predicted molar refractivity (Wildman–Crippen MR) is 165 cm³/mol. The first-order valence-electron chi connectivity index (χ1n) is 13.7. The summed E-state index contributed by atoms with van der Waals surface area (Å²) in [5, 5.41) is 1.48. The van der Waals surface area contributed by atoms with E-state index in [0.717, 1.165) is 22.6 Å². The topological polar surface area (TPSA) is 89.9 Å². The zero-order valence-corrected chi connectivity index (χ0v) is 24.1. The van der Waals surface area contributed by atoms with E-state index in [4.69, 9.17) is 19.0 Å². The Morgan fingerprint density at radius 1 is 0.837 bits per heavy atom. The number of hydrogen-bond donors (Lipinski definition) is 0. The predicted octanol–water partition coefficient (Wildman–Crippen LogP) is 7.04. The van der Waals surface area contributed by atoms with Crippen LogP contribution >= 0.6 is 0 Å². The second kappa shape index (κ2) is 13.5. The Hall–Kier alpha value is -5.41. The van der Waals surface area contributed by atoms with Gasteiger partial charge in [0.05, 0.1) is 31.0 Å². The van der Waals surface area contributed by atoms with E-state index in [-0.39, 0.29) is 29.4 Å². The Kier molecular flexibility index (Phi) is 9.14. The first-order chi connectivity index (χ1) is 21.0. The number of carbonyl (C=O) groups excluding carboxylic acids is 2. The maximum atomic E-state index is 12.4. The highest BCUT2D eigenvalue weighted by atomic mass is 16.7. The molecule has 1 fully saturated rings. The molecule has 0 N–H and O–H groups in total. The number of nitrogens with zero attached hydrogens (tertiary/aromatic N) is 3. The van der Waals surface area contributed by atoms with E-state index in [2.05, 4.69) is 34.2 Å². The van der Waals surface area contributed by atoms with Crippen LogP contribution in [0.25, 0.3) is 6.08 Å². The van der Waals surface area contributed by atoms with Crippen molar-refractivity contribution in [2.45, 2.75) is 6.92 Å². The molecule has 0 aliphatic carbocycles. The number of hydroxylamine groups is 2. The molecule has 0 radical (unpaired) electrons. The normalized spacial score (nSPS) is 14.7. The lowest BCUT2D eigenvalue weighted by atomic mass is 10.1. The van der Waals surface area contributed by atoms with Crippen LogP contribution in [0.2, 0.25) is 0 Å². The van der Waals surface area contributed by atoms with Crippen LogP contribution in [0.5, 0.6) is 0 Å². The molecule has 0 aromatic heterocycles. The minimum atomic E-state index is -0.605. The second-order valence-electron chi connectivity index (χ2n) is 9.39. The molecule has 9 nitrogen and oxygen atoms in total. The lowest BCUT2D eigenvalue weighted by Crippen LogP contribution is -2.38. The first-order valence-corrected chi connectivity index (χ1v) is 13.7. The van der Waals surface area contributed by atoms with Crippen LogP contribution in [0, 0.1) is 0 Å². The number of benzene rings is 4. The van der Waals surface area contributed by atoms with Crippen LogP contribution in [0.1, 0.15) is 33.2 Å². The summed E-state index contributed by atoms with van der Waals surface area (Å²) in [7, 11) is 2.56. The van der Waals surface area contributed by atoms with Gasteiger partial charge in [0.2, 0.25) is 0 Å². The van der Waals surface area contributed by atoms with Gasteiger partial charge in [-0.1, -0.05) is 48.5 Å². The molecule has 43 heavy (non-hydrogen) atoms. The molecule has 1 aliphatic rings. The van der Waals surface area contributed by atoms with Gasteiger partial charge in [-0.15, -0.1) is 0 Å². The summed E-state index contributed by atoms with van der Waals surface area (Å²) in [5.41, 5.74) is 4.56. The number of carbonyl (C=O) groups is 2. The number of methoxy groups -OCH3 is 2. The quantitative estimate of drug-likeness (QED) is 0.206. The Balaban J connectivity index is 1.44. The van der Waals surface area contributed by atoms with Gasteiger partial charge in [-0.2, -0.15) is 4.99 Å². The average molecular weight is 578 g/mol. The molecule has 0 amide bonds. The zero-order valence-electron chi connectivity index (χ0n) is 24.1. The Labute approximate surface area is 250 Å². The van der Waals surface area contributed by atoms with Gasteiger partial charge in [-0.3, -0.25) is 4.84 Å². The van der Waals surface area contributed by atoms with E-state index in [9.17, 15) is 9.59 Å². The summed E-state index contributed by atoms with van der Waals surface area (Å²) < 4.78 is 15.9. The average Bonchev–Trinajstić information content (AvgIpc) is 3.06. The molecule has 0 atom stereocenters. The molecule has 0 unspecified atom stereocenters. The van der Waals surface area contributed by atoms with E-state index < -0.39 is 11.9 Å². The summed E-state index contributed by atoms with van der Waals surface area (Å²) >= 11 is 0. The van der Waals surface area contributed by atoms with Crippen LogP contribution in [-0.4, -0.2) is 50.4 Å². The van der Waals surface area contributed by atoms with Crippen LogP contribution < -0.4 is 4.90 Å². The van der Waals surface area contributed by atoms with Gasteiger partial charge in [0, 0.05) is 23.6 Å². The van der Waals surface area contributed by atoms with Crippen molar-refractivity contribution < 1.29 is 28.6 Å². The first kappa shape index (κ1) is 29.1. The van der Waals surface area contributed by atoms with Crippen LogP contribution in [-0.2, 0) is 19.0 Å². The summed E-state index contributed by atoms with van der Waals surface area (Å²) in [4.78, 5) is 37.2. The molecule has 0 saturated carbocycles. The van der Waals surface area contributed by atoms with Gasteiger partial charge < -0.3 is 19.1 Å². The second-order valence-corrected chi connectivity index (χ2v) is 9.39. The molecule has 0 spiro atoms. The van der Waals surface area contributed by atoms with Crippen molar-refractivity contribution in [1.29, 1.82) is 0 Å². The molecule has 4 aromatic rings. The van der Waals surface area contributed by atoms with Crippen molar-refractivity contribution in [1.82, 2.24) is 5.06 Å². The maximum absolute atomic E-state index is 12.4. The van der Waals surface area contributed by atoms with Crippen molar-refractivity contribution >= 4 is 46.8 Å². The summed E-state index contributed by atoms with van der Waals surface area (Å²) in [5.74, 6) is -0.650. The number of amidine groups is 1. The van der Waals surface area contributed by atoms with E-state index in [0.29, 0.717) is 12.3 Å². The van der Waals surface area contributed by atoms with Gasteiger partial charge in [0.25, 0.3) is 0 Å². The minimum absolute atomic E-state index is 0.114. The third-order valence-electron chi connectivity index (χ3n) is 6.63. The number of para-hydroxylation sites is 2. The number of aliphatic imine (C=N–C) groups is 1. The van der Waals surface area contributed by atoms with Crippen molar-refractivity contribution in [3.63, 3.8) is 0 Å². The zero-order chi connectivity index (χ0) is 30.2. The molecule has 1 saturated heterocycles. The maximum Gasteiger partial charge on any atom is 0.340 e. The fourth-order valence-electron chi connectivity index (χ4n) is 4.53. The van der Waals surface area contributed by atoms with Gasteiger partial charge >= 0.3 is 18.0 Å². The lowest BCUT2D eigenvalue weighted by molar-refractivity contribution is -0.130. The van der Waals surface area contributed by atoms with Crippen molar-refractivity contribution in [3.05, 3.63) is 126 Å². The van der Waals surface area contributed by atoms with Crippen LogP contribution in [0.4, 0.5) is 22.7 Å². The van der Waals surface area contributed by atoms with Gasteiger partial charge in [-0.05, 0) is 73.2 Å². The summed E-state index contributed by atoms with van der Waals surface area (Å²) in [6.07, 6.45) is 1.87. The van der Waals surface area contributed by atoms with E-state index >= 15 is 0 Å². The third kappa shape index (κ3) is 6.74. The molecule has 1 aliphatic heterocycles. The monoisotopic (exact) mass is 577 g/mol. The van der Waals surface area contributed by atoms with Crippen molar-refractivity contribution in [2.24, 2.45) is 4.99 Å². The van der Waals surface area contributed by atoms with E-state index in [1.54, 1.807) is 0 Å². The molecule has 4 aromatic carbocycles. The Bertz CT molecular complexity index is 1600. The summed E-state index contributed by atoms with van der Waals surface area (Å²) in [6.45, 7) is 2.49. The highest BCUT2D eigenvalue weighted by molar-refractivity contribution is 5.99. The number of esters is 2. The fourth-order valence-corrected chi connectivity index (χ4v) is 4.53. The number of ether oxygens (including phenoxy) is 3. The Morgan fingerprint density at radius 2 is 1.44 bits per heavy atom. The van der Waals surface area contributed by atoms with Gasteiger partial charge in [0.1, 0.15) is 12.4 Å². The number of anilines is 3. The van der Waals surface area contributed by atoms with E-state index in [1.165, 1.54) is 37.5 Å². The van der Waals surface area contributed by atoms with Crippen molar-refractivity contribution in [2.75, 3.05) is 32.3 Å². The molecule has 5 rings (SSSR count). The molecule has 0 bridgehead atoms. The highest BCUT2D eigenvalue weighted by Gasteiger charge is 2.24. The fraction of sp³-hybridized carbons (Fsp3) is 0.147. The van der Waals surface area contributed by atoms with Gasteiger partial charge in [-0.25, -0.2) is 14.7 Å². The van der Waals surface area contributed by atoms with Crippen LogP contribution in [0.3, 0.4) is 0 Å². The number of rotatable bonds is 8. The molecular weight excluding hydrogens is 546 g/mol. The van der Waals surface area contributed by atoms with Crippen LogP contribution in [0.15, 0.2) is 114 Å². The molecular formula is C34H31N3O6.